The van der Waals surface area contributed by atoms with Crippen molar-refractivity contribution in [3.63, 3.8) is 0 Å². The van der Waals surface area contributed by atoms with Crippen molar-refractivity contribution in [2.75, 3.05) is 0 Å². The zero-order valence-corrected chi connectivity index (χ0v) is 11.3. The summed E-state index contributed by atoms with van der Waals surface area (Å²) in [5.41, 5.74) is 1.04. The summed E-state index contributed by atoms with van der Waals surface area (Å²) in [6.45, 7) is 0.0886. The van der Waals surface area contributed by atoms with Crippen LogP contribution in [0.3, 0.4) is 0 Å². The van der Waals surface area contributed by atoms with Crippen LogP contribution in [0.25, 0.3) is 5.69 Å². The van der Waals surface area contributed by atoms with Gasteiger partial charge >= 0.3 is 0 Å². The van der Waals surface area contributed by atoms with Crippen LogP contribution in [-0.4, -0.2) is 30.2 Å². The Balaban J connectivity index is 1.73. The largest absolute Gasteiger partial charge is 0.484 e. The monoisotopic (exact) mass is 306 g/mol. The zero-order valence-electron chi connectivity index (χ0n) is 10.5. The van der Waals surface area contributed by atoms with Crippen molar-refractivity contribution in [1.29, 1.82) is 0 Å². The first-order chi connectivity index (χ1) is 10.2. The van der Waals surface area contributed by atoms with Crippen molar-refractivity contribution in [2.45, 2.75) is 6.61 Å². The van der Waals surface area contributed by atoms with Gasteiger partial charge in [0.25, 0.3) is 0 Å². The SMILES string of the molecule is Fc1cc(-n2cnnn2)ccc1OCc1cnc(Cl)cn1. The molecule has 0 radical (unpaired) electrons. The molecule has 7 nitrogen and oxygen atoms in total. The van der Waals surface area contributed by atoms with E-state index in [0.29, 0.717) is 11.4 Å². The molecule has 9 heteroatoms. The van der Waals surface area contributed by atoms with Gasteiger partial charge in [-0.05, 0) is 22.6 Å². The van der Waals surface area contributed by atoms with Crippen molar-refractivity contribution in [3.8, 4) is 11.4 Å². The molecule has 0 aliphatic rings. The molecule has 0 unspecified atom stereocenters. The highest BCUT2D eigenvalue weighted by molar-refractivity contribution is 6.29. The number of hydrogen-bond acceptors (Lipinski definition) is 6. The van der Waals surface area contributed by atoms with Crippen LogP contribution in [0.5, 0.6) is 5.75 Å². The first kappa shape index (κ1) is 13.4. The molecular weight excluding hydrogens is 299 g/mol. The minimum absolute atomic E-state index is 0.0886. The molecule has 3 aromatic rings. The molecule has 0 aliphatic heterocycles. The normalized spacial score (nSPS) is 10.6. The molecule has 0 amide bonds. The van der Waals surface area contributed by atoms with Gasteiger partial charge < -0.3 is 4.74 Å². The molecule has 0 atom stereocenters. The van der Waals surface area contributed by atoms with Crippen molar-refractivity contribution in [3.05, 3.63) is 53.6 Å². The van der Waals surface area contributed by atoms with Gasteiger partial charge in [-0.2, -0.15) is 0 Å². The van der Waals surface area contributed by atoms with E-state index in [-0.39, 0.29) is 17.5 Å². The number of ether oxygens (including phenoxy) is 1. The number of halogens is 2. The van der Waals surface area contributed by atoms with Gasteiger partial charge in [-0.1, -0.05) is 11.6 Å². The van der Waals surface area contributed by atoms with Crippen LogP contribution in [0.4, 0.5) is 4.39 Å². The minimum Gasteiger partial charge on any atom is -0.484 e. The molecule has 0 bridgehead atoms. The molecule has 0 aliphatic carbocycles. The fourth-order valence-corrected chi connectivity index (χ4v) is 1.69. The van der Waals surface area contributed by atoms with E-state index in [1.165, 1.54) is 35.5 Å². The number of hydrogen-bond donors (Lipinski definition) is 0. The molecule has 3 rings (SSSR count). The highest BCUT2D eigenvalue weighted by Gasteiger charge is 2.07. The Labute approximate surface area is 123 Å². The molecule has 21 heavy (non-hydrogen) atoms. The number of rotatable bonds is 4. The van der Waals surface area contributed by atoms with Crippen molar-refractivity contribution < 1.29 is 9.13 Å². The topological polar surface area (TPSA) is 78.6 Å². The molecule has 2 heterocycles. The van der Waals surface area contributed by atoms with Crippen LogP contribution < -0.4 is 4.74 Å². The Hall–Kier alpha value is -2.61. The van der Waals surface area contributed by atoms with Crippen LogP contribution in [0.2, 0.25) is 5.15 Å². The van der Waals surface area contributed by atoms with Gasteiger partial charge in [0, 0.05) is 6.07 Å². The lowest BCUT2D eigenvalue weighted by molar-refractivity contribution is 0.285. The Morgan fingerprint density at radius 3 is 2.81 bits per heavy atom. The molecule has 0 N–H and O–H groups in total. The van der Waals surface area contributed by atoms with E-state index in [1.807, 2.05) is 0 Å². The van der Waals surface area contributed by atoms with Gasteiger partial charge in [-0.3, -0.25) is 4.98 Å². The van der Waals surface area contributed by atoms with Gasteiger partial charge in [-0.25, -0.2) is 14.1 Å². The first-order valence-corrected chi connectivity index (χ1v) is 6.22. The molecule has 0 saturated carbocycles. The summed E-state index contributed by atoms with van der Waals surface area (Å²) in [5.74, 6) is -0.423. The Bertz CT molecular complexity index is 734. The Kier molecular flexibility index (Phi) is 3.69. The number of nitrogens with zero attached hydrogens (tertiary/aromatic N) is 6. The second kappa shape index (κ2) is 5.80. The van der Waals surface area contributed by atoms with E-state index in [0.717, 1.165) is 0 Å². The van der Waals surface area contributed by atoms with Gasteiger partial charge in [0.2, 0.25) is 0 Å². The highest BCUT2D eigenvalue weighted by Crippen LogP contribution is 2.20. The molecule has 0 spiro atoms. The summed E-state index contributed by atoms with van der Waals surface area (Å²) in [6, 6.07) is 4.41. The van der Waals surface area contributed by atoms with E-state index >= 15 is 0 Å². The summed E-state index contributed by atoms with van der Waals surface area (Å²) in [5, 5.41) is 10.9. The summed E-state index contributed by atoms with van der Waals surface area (Å²) in [7, 11) is 0. The van der Waals surface area contributed by atoms with E-state index < -0.39 is 5.82 Å². The second-order valence-corrected chi connectivity index (χ2v) is 4.38. The third-order valence-electron chi connectivity index (χ3n) is 2.58. The summed E-state index contributed by atoms with van der Waals surface area (Å²) in [4.78, 5) is 7.87. The lowest BCUT2D eigenvalue weighted by Crippen LogP contribution is -2.02. The van der Waals surface area contributed by atoms with Crippen molar-refractivity contribution in [1.82, 2.24) is 30.2 Å². The van der Waals surface area contributed by atoms with Crippen LogP contribution in [0, 0.1) is 5.82 Å². The van der Waals surface area contributed by atoms with E-state index in [1.54, 1.807) is 6.07 Å². The molecule has 1 aromatic carbocycles. The molecule has 106 valence electrons. The van der Waals surface area contributed by atoms with E-state index in [2.05, 4.69) is 25.5 Å². The summed E-state index contributed by atoms with van der Waals surface area (Å²) in [6.07, 6.45) is 4.24. The first-order valence-electron chi connectivity index (χ1n) is 5.84. The van der Waals surface area contributed by atoms with Crippen LogP contribution in [-0.2, 0) is 6.61 Å². The van der Waals surface area contributed by atoms with Gasteiger partial charge in [0.15, 0.2) is 11.6 Å². The minimum atomic E-state index is -0.523. The predicted molar refractivity (Wildman–Crippen MR) is 70.5 cm³/mol. The maximum Gasteiger partial charge on any atom is 0.167 e. The average molecular weight is 307 g/mol. The molecule has 0 fully saturated rings. The summed E-state index contributed by atoms with van der Waals surface area (Å²) < 4.78 is 20.6. The standard InChI is InChI=1S/C12H8ClFN6O/c13-12-5-15-8(4-16-12)6-21-11-2-1-9(3-10(11)14)20-7-17-18-19-20/h1-5,7H,6H2. The van der Waals surface area contributed by atoms with E-state index in [9.17, 15) is 4.39 Å². The lowest BCUT2D eigenvalue weighted by Gasteiger charge is -2.08. The van der Waals surface area contributed by atoms with Gasteiger partial charge in [0.1, 0.15) is 18.1 Å². The number of aromatic nitrogens is 6. The predicted octanol–water partition coefficient (Wildman–Crippen LogP) is 1.82. The Morgan fingerprint density at radius 2 is 2.14 bits per heavy atom. The fourth-order valence-electron chi connectivity index (χ4n) is 1.59. The quantitative estimate of drug-likeness (QED) is 0.731. The smallest absolute Gasteiger partial charge is 0.167 e. The van der Waals surface area contributed by atoms with Crippen molar-refractivity contribution in [2.24, 2.45) is 0 Å². The van der Waals surface area contributed by atoms with Crippen LogP contribution in [0.1, 0.15) is 5.69 Å². The number of benzene rings is 1. The van der Waals surface area contributed by atoms with Gasteiger partial charge in [-0.15, -0.1) is 5.10 Å². The average Bonchev–Trinajstić information content (AvgIpc) is 3.02. The van der Waals surface area contributed by atoms with Crippen LogP contribution >= 0.6 is 11.6 Å². The maximum absolute atomic E-state index is 13.9. The summed E-state index contributed by atoms with van der Waals surface area (Å²) >= 11 is 5.63. The van der Waals surface area contributed by atoms with Crippen LogP contribution in [0.15, 0.2) is 36.9 Å². The third kappa shape index (κ3) is 3.11. The molecule has 2 aromatic heterocycles. The van der Waals surface area contributed by atoms with E-state index in [4.69, 9.17) is 16.3 Å². The third-order valence-corrected chi connectivity index (χ3v) is 2.77. The lowest BCUT2D eigenvalue weighted by atomic mass is 10.3. The van der Waals surface area contributed by atoms with Crippen molar-refractivity contribution >= 4 is 11.6 Å². The molecular formula is C12H8ClFN6O. The zero-order chi connectivity index (χ0) is 14.7. The maximum atomic E-state index is 13.9. The Morgan fingerprint density at radius 1 is 1.24 bits per heavy atom. The number of tetrazole rings is 1. The highest BCUT2D eigenvalue weighted by atomic mass is 35.5. The second-order valence-electron chi connectivity index (χ2n) is 3.99. The fraction of sp³-hybridized carbons (Fsp3) is 0.0833. The molecule has 0 saturated heterocycles. The van der Waals surface area contributed by atoms with Gasteiger partial charge in [0.05, 0.1) is 23.8 Å².